The quantitative estimate of drug-likeness (QED) is 0.165. The first-order valence-corrected chi connectivity index (χ1v) is 18.1. The van der Waals surface area contributed by atoms with E-state index in [0.29, 0.717) is 35.4 Å². The molecule has 3 unspecified atom stereocenters. The summed E-state index contributed by atoms with van der Waals surface area (Å²) in [6.45, 7) is 8.78. The highest BCUT2D eigenvalue weighted by Gasteiger charge is 2.45. The average Bonchev–Trinajstić information content (AvgIpc) is 3.89. The van der Waals surface area contributed by atoms with Crippen LogP contribution in [0.25, 0.3) is 0 Å². The number of likely N-dealkylation sites (N-methyl/N-ethyl adjacent to an activating group) is 1. The molecule has 0 N–H and O–H groups in total. The maximum absolute atomic E-state index is 6.61. The molecular formula is C36H40Cl2N6O4S. The van der Waals surface area contributed by atoms with Gasteiger partial charge in [0.25, 0.3) is 0 Å². The molecule has 3 aliphatic heterocycles. The number of halogens is 2. The van der Waals surface area contributed by atoms with Gasteiger partial charge in [-0.1, -0.05) is 41.0 Å². The number of nitrogens with zero attached hydrogens (tertiary/aromatic N) is 6. The minimum Gasteiger partial charge on any atom is -0.491 e. The lowest BCUT2D eigenvalue weighted by atomic mass is 10.1. The lowest BCUT2D eigenvalue weighted by molar-refractivity contribution is -0.189. The maximum Gasteiger partial charge on any atom is 0.215 e. The van der Waals surface area contributed by atoms with Crippen molar-refractivity contribution in [1.29, 1.82) is 0 Å². The Morgan fingerprint density at radius 1 is 0.980 bits per heavy atom. The van der Waals surface area contributed by atoms with Crippen LogP contribution in [0.2, 0.25) is 10.0 Å². The summed E-state index contributed by atoms with van der Waals surface area (Å²) >= 11 is 14.5. The SMILES string of the molecule is CCN1CC(OC)S/C1=N/c1ccc(N2CCN(c3ccc(OCC4COC(Cn5ccnc5)(c5ccc(Cl)cc5Cl)O4)cc3)CC2)cc1. The Morgan fingerprint density at radius 2 is 1.69 bits per heavy atom. The monoisotopic (exact) mass is 722 g/mol. The molecule has 0 radical (unpaired) electrons. The van der Waals surface area contributed by atoms with Crippen molar-refractivity contribution in [3.05, 3.63) is 101 Å². The van der Waals surface area contributed by atoms with Gasteiger partial charge in [-0.3, -0.25) is 0 Å². The Bertz CT molecular complexity index is 1720. The lowest BCUT2D eigenvalue weighted by Crippen LogP contribution is -2.46. The lowest BCUT2D eigenvalue weighted by Gasteiger charge is -2.37. The van der Waals surface area contributed by atoms with E-state index < -0.39 is 5.79 Å². The number of aliphatic imine (C=N–C) groups is 1. The number of amidine groups is 1. The number of benzene rings is 3. The molecular weight excluding hydrogens is 683 g/mol. The van der Waals surface area contributed by atoms with E-state index in [4.69, 9.17) is 47.1 Å². The van der Waals surface area contributed by atoms with Crippen LogP contribution in [-0.4, -0.2) is 90.8 Å². The first-order valence-electron chi connectivity index (χ1n) is 16.5. The minimum absolute atomic E-state index is 0.140. The Labute approximate surface area is 301 Å². The minimum atomic E-state index is -1.08. The molecule has 3 saturated heterocycles. The average molecular weight is 724 g/mol. The summed E-state index contributed by atoms with van der Waals surface area (Å²) in [5.74, 6) is -0.305. The first kappa shape index (κ1) is 34.0. The van der Waals surface area contributed by atoms with Crippen LogP contribution in [0, 0.1) is 0 Å². The predicted octanol–water partition coefficient (Wildman–Crippen LogP) is 6.89. The summed E-state index contributed by atoms with van der Waals surface area (Å²) in [7, 11) is 1.76. The van der Waals surface area contributed by atoms with Crippen LogP contribution in [0.3, 0.4) is 0 Å². The number of imidazole rings is 1. The Kier molecular flexibility index (Phi) is 10.6. The number of anilines is 2. The van der Waals surface area contributed by atoms with Crippen LogP contribution in [0.5, 0.6) is 5.75 Å². The van der Waals surface area contributed by atoms with Gasteiger partial charge in [-0.05, 0) is 67.6 Å². The number of ether oxygens (including phenoxy) is 4. The van der Waals surface area contributed by atoms with Gasteiger partial charge in [0.1, 0.15) is 23.9 Å². The molecule has 10 nitrogen and oxygen atoms in total. The normalized spacial score (nSPS) is 23.5. The van der Waals surface area contributed by atoms with E-state index >= 15 is 0 Å². The van der Waals surface area contributed by atoms with Crippen molar-refractivity contribution in [2.24, 2.45) is 4.99 Å². The molecule has 7 rings (SSSR count). The van der Waals surface area contributed by atoms with Crippen molar-refractivity contribution in [2.75, 3.05) is 69.4 Å². The number of methoxy groups -OCH3 is 1. The Hall–Kier alpha value is -3.45. The molecule has 13 heteroatoms. The first-order chi connectivity index (χ1) is 23.9. The summed E-state index contributed by atoms with van der Waals surface area (Å²) in [6.07, 6.45) is 5.02. The summed E-state index contributed by atoms with van der Waals surface area (Å²) < 4.78 is 26.4. The van der Waals surface area contributed by atoms with Gasteiger partial charge >= 0.3 is 0 Å². The molecule has 0 aliphatic carbocycles. The second-order valence-electron chi connectivity index (χ2n) is 12.2. The Balaban J connectivity index is 0.912. The van der Waals surface area contributed by atoms with Gasteiger partial charge in [-0.25, -0.2) is 9.98 Å². The summed E-state index contributed by atoms with van der Waals surface area (Å²) in [5, 5.41) is 2.06. The summed E-state index contributed by atoms with van der Waals surface area (Å²) in [6, 6.07) is 22.2. The van der Waals surface area contributed by atoms with Gasteiger partial charge in [-0.2, -0.15) is 0 Å². The van der Waals surface area contributed by atoms with Crippen molar-refractivity contribution in [3.8, 4) is 5.75 Å². The molecule has 4 heterocycles. The molecule has 49 heavy (non-hydrogen) atoms. The molecule has 0 spiro atoms. The third kappa shape index (κ3) is 7.82. The molecule has 3 atom stereocenters. The fourth-order valence-electron chi connectivity index (χ4n) is 6.36. The number of piperazine rings is 1. The molecule has 0 saturated carbocycles. The van der Waals surface area contributed by atoms with E-state index in [1.165, 1.54) is 11.4 Å². The highest BCUT2D eigenvalue weighted by Crippen LogP contribution is 2.41. The fourth-order valence-corrected chi connectivity index (χ4v) is 8.01. The number of hydrogen-bond acceptors (Lipinski definition) is 9. The zero-order valence-corrected chi connectivity index (χ0v) is 29.9. The molecule has 3 fully saturated rings. The number of thioether (sulfide) groups is 1. The van der Waals surface area contributed by atoms with Crippen molar-refractivity contribution in [3.63, 3.8) is 0 Å². The van der Waals surface area contributed by atoms with Gasteiger partial charge in [0.2, 0.25) is 5.79 Å². The summed E-state index contributed by atoms with van der Waals surface area (Å²) in [5.41, 5.74) is 4.22. The van der Waals surface area contributed by atoms with Crippen LogP contribution >= 0.6 is 35.0 Å². The van der Waals surface area contributed by atoms with E-state index in [-0.39, 0.29) is 11.5 Å². The molecule has 3 aliphatic rings. The molecule has 258 valence electrons. The number of rotatable bonds is 11. The smallest absolute Gasteiger partial charge is 0.215 e. The van der Waals surface area contributed by atoms with E-state index in [2.05, 4.69) is 63.0 Å². The van der Waals surface area contributed by atoms with Gasteiger partial charge in [0.15, 0.2) is 5.17 Å². The van der Waals surface area contributed by atoms with Crippen LogP contribution in [0.1, 0.15) is 12.5 Å². The predicted molar refractivity (Wildman–Crippen MR) is 197 cm³/mol. The number of aromatic nitrogens is 2. The topological polar surface area (TPSA) is 76.8 Å². The Morgan fingerprint density at radius 3 is 2.33 bits per heavy atom. The molecule has 4 aromatic rings. The van der Waals surface area contributed by atoms with E-state index in [1.807, 2.05) is 29.0 Å². The third-order valence-corrected chi connectivity index (χ3v) is 10.7. The van der Waals surface area contributed by atoms with Gasteiger partial charge in [-0.15, -0.1) is 0 Å². The van der Waals surface area contributed by atoms with Crippen LogP contribution in [-0.2, 0) is 26.5 Å². The molecule has 0 amide bonds. The van der Waals surface area contributed by atoms with Crippen LogP contribution in [0.15, 0.2) is 90.4 Å². The van der Waals surface area contributed by atoms with Crippen LogP contribution in [0.4, 0.5) is 17.1 Å². The van der Waals surface area contributed by atoms with Crippen molar-refractivity contribution in [2.45, 2.75) is 30.8 Å². The highest BCUT2D eigenvalue weighted by molar-refractivity contribution is 8.14. The van der Waals surface area contributed by atoms with Gasteiger partial charge in [0.05, 0.1) is 36.7 Å². The van der Waals surface area contributed by atoms with Crippen molar-refractivity contribution >= 4 is 57.2 Å². The van der Waals surface area contributed by atoms with Crippen LogP contribution < -0.4 is 14.5 Å². The van der Waals surface area contributed by atoms with Crippen molar-refractivity contribution < 1.29 is 18.9 Å². The van der Waals surface area contributed by atoms with Crippen molar-refractivity contribution in [1.82, 2.24) is 14.5 Å². The highest BCUT2D eigenvalue weighted by atomic mass is 35.5. The number of hydrogen-bond donors (Lipinski definition) is 0. The largest absolute Gasteiger partial charge is 0.491 e. The van der Waals surface area contributed by atoms with E-state index in [1.54, 1.807) is 43.5 Å². The standard InChI is InChI=1S/C36H40Cl2N6O4S/c1-3-42-21-34(45-2)49-35(42)40-27-5-7-28(8-6-27)43-16-18-44(19-17-43)29-9-11-30(12-10-29)46-22-31-23-47-36(48-31,24-41-15-14-39-25-41)32-13-4-26(37)20-33(32)38/h4-15,20,25,31,34H,3,16-19,21-24H2,1-2H3/b40-35+. The second-order valence-corrected chi connectivity index (χ2v) is 14.1. The third-order valence-electron chi connectivity index (χ3n) is 9.03. The van der Waals surface area contributed by atoms with Gasteiger partial charge in [0, 0.05) is 74.2 Å². The van der Waals surface area contributed by atoms with Gasteiger partial charge < -0.3 is 38.2 Å². The van der Waals surface area contributed by atoms with E-state index in [9.17, 15) is 0 Å². The molecule has 1 aromatic heterocycles. The summed E-state index contributed by atoms with van der Waals surface area (Å²) in [4.78, 5) is 16.2. The maximum atomic E-state index is 6.61. The fraction of sp³-hybridized carbons (Fsp3) is 0.389. The second kappa shape index (κ2) is 15.2. The molecule has 0 bridgehead atoms. The zero-order chi connectivity index (χ0) is 33.8. The zero-order valence-electron chi connectivity index (χ0n) is 27.6. The molecule has 3 aromatic carbocycles. The van der Waals surface area contributed by atoms with E-state index in [0.717, 1.165) is 55.9 Å².